The van der Waals surface area contributed by atoms with Gasteiger partial charge in [-0.05, 0) is 25.8 Å². The average Bonchev–Trinajstić information content (AvgIpc) is 1.94. The third-order valence-corrected chi connectivity index (χ3v) is 1.73. The van der Waals surface area contributed by atoms with Gasteiger partial charge in [-0.25, -0.2) is 4.39 Å². The summed E-state index contributed by atoms with van der Waals surface area (Å²) in [5, 5.41) is 10.1. The van der Waals surface area contributed by atoms with Crippen molar-refractivity contribution in [2.24, 2.45) is 0 Å². The maximum Gasteiger partial charge on any atom is 0.380 e. The molecule has 0 saturated heterocycles. The van der Waals surface area contributed by atoms with Gasteiger partial charge in [0.25, 0.3) is 0 Å². The maximum atomic E-state index is 12.5. The number of hydrogen-bond donors (Lipinski definition) is 0. The molecule has 0 aliphatic heterocycles. The monoisotopic (exact) mass is 220 g/mol. The van der Waals surface area contributed by atoms with Crippen LogP contribution in [0.3, 0.4) is 0 Å². The van der Waals surface area contributed by atoms with Crippen LogP contribution in [0.25, 0.3) is 0 Å². The van der Waals surface area contributed by atoms with Crippen molar-refractivity contribution in [3.63, 3.8) is 0 Å². The van der Waals surface area contributed by atoms with Gasteiger partial charge >= 0.3 is 5.82 Å². The van der Waals surface area contributed by atoms with Gasteiger partial charge in [-0.1, -0.05) is 0 Å². The summed E-state index contributed by atoms with van der Waals surface area (Å²) < 4.78 is 12.3. The molecule has 0 unspecified atom stereocenters. The molecule has 58 valence electrons. The Morgan fingerprint density at radius 1 is 1.73 bits per heavy atom. The minimum Gasteiger partial charge on any atom is -0.358 e. The fourth-order valence-electron chi connectivity index (χ4n) is 0.537. The first-order valence-electron chi connectivity index (χ1n) is 2.57. The molecule has 0 aliphatic carbocycles. The molecule has 0 radical (unpaired) electrons. The molecule has 0 saturated carbocycles. The first kappa shape index (κ1) is 8.06. The maximum absolute atomic E-state index is 12.5. The first-order valence-corrected chi connectivity index (χ1v) is 3.36. The predicted octanol–water partition coefficient (Wildman–Crippen LogP) is 1.89. The quantitative estimate of drug-likeness (QED) is 0.537. The van der Waals surface area contributed by atoms with Gasteiger partial charge in [-0.3, -0.25) is 0 Å². The van der Waals surface area contributed by atoms with E-state index in [1.807, 2.05) is 0 Å². The van der Waals surface area contributed by atoms with Gasteiger partial charge in [0.2, 0.25) is 0 Å². The van der Waals surface area contributed by atoms with Crippen molar-refractivity contribution in [2.45, 2.75) is 0 Å². The fourth-order valence-corrected chi connectivity index (χ4v) is 0.917. The molecule has 0 bridgehead atoms. The molecule has 1 aromatic heterocycles. The van der Waals surface area contributed by atoms with Gasteiger partial charge < -0.3 is 10.1 Å². The summed E-state index contributed by atoms with van der Waals surface area (Å²) >= 11 is 2.70. The molecule has 1 aromatic rings. The summed E-state index contributed by atoms with van der Waals surface area (Å²) in [4.78, 5) is 12.7. The summed E-state index contributed by atoms with van der Waals surface area (Å²) in [5.41, 5.74) is 0. The van der Waals surface area contributed by atoms with Crippen LogP contribution in [0.15, 0.2) is 16.7 Å². The van der Waals surface area contributed by atoms with E-state index in [2.05, 4.69) is 20.9 Å². The van der Waals surface area contributed by atoms with E-state index in [1.54, 1.807) is 0 Å². The number of pyridine rings is 1. The number of nitro groups is 1. The van der Waals surface area contributed by atoms with Crippen LogP contribution in [0.1, 0.15) is 0 Å². The fraction of sp³-hybridized carbons (Fsp3) is 0. The molecule has 6 heteroatoms. The van der Waals surface area contributed by atoms with Crippen LogP contribution in [0, 0.1) is 15.9 Å². The summed E-state index contributed by atoms with van der Waals surface area (Å²) in [6, 6.07) is 1.04. The standard InChI is InChI=1S/C5H2BrFN2O2/c6-4-3(7)1-2-8-5(4)9(10)11/h1-2H. The minimum atomic E-state index is -0.757. The highest BCUT2D eigenvalue weighted by Crippen LogP contribution is 2.23. The lowest BCUT2D eigenvalue weighted by Crippen LogP contribution is -1.94. The van der Waals surface area contributed by atoms with E-state index < -0.39 is 16.6 Å². The van der Waals surface area contributed by atoms with Crippen LogP contribution < -0.4 is 0 Å². The van der Waals surface area contributed by atoms with Gasteiger partial charge in [-0.15, -0.1) is 0 Å². The second-order valence-corrected chi connectivity index (χ2v) is 2.48. The lowest BCUT2D eigenvalue weighted by molar-refractivity contribution is -0.390. The molecule has 0 amide bonds. The van der Waals surface area contributed by atoms with Crippen LogP contribution in [-0.2, 0) is 0 Å². The minimum absolute atomic E-state index is 0.218. The van der Waals surface area contributed by atoms with Crippen molar-refractivity contribution in [1.29, 1.82) is 0 Å². The Kier molecular flexibility index (Phi) is 2.13. The molecule has 1 rings (SSSR count). The number of aromatic nitrogens is 1. The highest BCUT2D eigenvalue weighted by molar-refractivity contribution is 9.10. The van der Waals surface area contributed by atoms with Crippen molar-refractivity contribution >= 4 is 21.7 Å². The van der Waals surface area contributed by atoms with Crippen molar-refractivity contribution in [2.75, 3.05) is 0 Å². The zero-order valence-electron chi connectivity index (χ0n) is 5.12. The molecule has 0 aliphatic rings. The lowest BCUT2D eigenvalue weighted by Gasteiger charge is -1.93. The van der Waals surface area contributed by atoms with E-state index in [0.29, 0.717) is 0 Å². The second-order valence-electron chi connectivity index (χ2n) is 1.69. The van der Waals surface area contributed by atoms with Gasteiger partial charge in [-0.2, -0.15) is 0 Å². The Hall–Kier alpha value is -1.04. The van der Waals surface area contributed by atoms with Gasteiger partial charge in [0.15, 0.2) is 4.47 Å². The number of rotatable bonds is 1. The van der Waals surface area contributed by atoms with E-state index in [0.717, 1.165) is 12.3 Å². The molecule has 1 heterocycles. The van der Waals surface area contributed by atoms with Crippen molar-refractivity contribution < 1.29 is 9.31 Å². The van der Waals surface area contributed by atoms with Gasteiger partial charge in [0.1, 0.15) is 12.0 Å². The molecule has 4 nitrogen and oxygen atoms in total. The van der Waals surface area contributed by atoms with Crippen LogP contribution in [0.2, 0.25) is 0 Å². The average molecular weight is 221 g/mol. The third kappa shape index (κ3) is 1.51. The van der Waals surface area contributed by atoms with Gasteiger partial charge in [0.05, 0.1) is 0 Å². The van der Waals surface area contributed by atoms with Crippen LogP contribution >= 0.6 is 15.9 Å². The first-order chi connectivity index (χ1) is 5.13. The zero-order chi connectivity index (χ0) is 8.43. The summed E-state index contributed by atoms with van der Waals surface area (Å²) in [6.07, 6.45) is 1.04. The highest BCUT2D eigenvalue weighted by atomic mass is 79.9. The molecular weight excluding hydrogens is 219 g/mol. The van der Waals surface area contributed by atoms with Crippen LogP contribution in [-0.4, -0.2) is 9.91 Å². The summed E-state index contributed by atoms with van der Waals surface area (Å²) in [6.45, 7) is 0. The molecule has 0 aromatic carbocycles. The van der Waals surface area contributed by atoms with Crippen molar-refractivity contribution in [3.8, 4) is 0 Å². The summed E-state index contributed by atoms with van der Waals surface area (Å²) in [7, 11) is 0. The molecule has 0 N–H and O–H groups in total. The largest absolute Gasteiger partial charge is 0.380 e. The van der Waals surface area contributed by atoms with Crippen molar-refractivity contribution in [3.05, 3.63) is 32.7 Å². The molecule has 0 atom stereocenters. The van der Waals surface area contributed by atoms with Crippen LogP contribution in [0.4, 0.5) is 10.2 Å². The normalized spacial score (nSPS) is 9.64. The Labute approximate surface area is 69.3 Å². The molecule has 0 fully saturated rings. The smallest absolute Gasteiger partial charge is 0.358 e. The molecule has 0 spiro atoms. The number of hydrogen-bond acceptors (Lipinski definition) is 3. The van der Waals surface area contributed by atoms with Gasteiger partial charge in [0, 0.05) is 6.07 Å². The zero-order valence-corrected chi connectivity index (χ0v) is 6.71. The molecular formula is C5H2BrFN2O2. The topological polar surface area (TPSA) is 56.0 Å². The summed E-state index contributed by atoms with van der Waals surface area (Å²) in [5.74, 6) is -1.20. The Bertz CT molecular complexity index is 305. The number of nitrogens with zero attached hydrogens (tertiary/aromatic N) is 2. The number of halogens is 2. The SMILES string of the molecule is O=[N+]([O-])c1nccc(F)c1Br. The van der Waals surface area contributed by atoms with E-state index in [1.165, 1.54) is 0 Å². The van der Waals surface area contributed by atoms with E-state index in [4.69, 9.17) is 0 Å². The Balaban J connectivity index is 3.27. The Morgan fingerprint density at radius 2 is 2.36 bits per heavy atom. The molecule has 11 heavy (non-hydrogen) atoms. The highest BCUT2D eigenvalue weighted by Gasteiger charge is 2.15. The van der Waals surface area contributed by atoms with Crippen LogP contribution in [0.5, 0.6) is 0 Å². The van der Waals surface area contributed by atoms with E-state index in [9.17, 15) is 14.5 Å². The third-order valence-electron chi connectivity index (χ3n) is 0.997. The van der Waals surface area contributed by atoms with Crippen molar-refractivity contribution in [1.82, 2.24) is 4.98 Å². The lowest BCUT2D eigenvalue weighted by atomic mass is 10.4. The second kappa shape index (κ2) is 2.91. The Morgan fingerprint density at radius 3 is 2.82 bits per heavy atom. The predicted molar refractivity (Wildman–Crippen MR) is 38.5 cm³/mol. The van der Waals surface area contributed by atoms with E-state index in [-0.39, 0.29) is 4.47 Å². The van der Waals surface area contributed by atoms with E-state index >= 15 is 0 Å².